The van der Waals surface area contributed by atoms with Crippen molar-refractivity contribution in [1.82, 2.24) is 4.90 Å². The molecule has 0 saturated carbocycles. The number of carbonyl (C=O) groups is 3. The molecule has 1 aliphatic rings. The van der Waals surface area contributed by atoms with Crippen molar-refractivity contribution < 1.29 is 24.2 Å². The first kappa shape index (κ1) is 24.0. The van der Waals surface area contributed by atoms with E-state index >= 15 is 0 Å². The SMILES string of the molecule is CC(C)CN(CC(=O)O)C(=O)c1ccccc1NC(=O)OCC1c2ccccc2-c2ccccc21. The highest BCUT2D eigenvalue weighted by atomic mass is 16.5. The Morgan fingerprint density at radius 1 is 0.914 bits per heavy atom. The summed E-state index contributed by atoms with van der Waals surface area (Å²) in [5, 5.41) is 11.9. The highest BCUT2D eigenvalue weighted by Crippen LogP contribution is 2.44. The molecule has 0 atom stereocenters. The number of rotatable bonds is 8. The lowest BCUT2D eigenvalue weighted by Crippen LogP contribution is -2.38. The largest absolute Gasteiger partial charge is 0.480 e. The summed E-state index contributed by atoms with van der Waals surface area (Å²) in [5.74, 6) is -1.56. The smallest absolute Gasteiger partial charge is 0.411 e. The van der Waals surface area contributed by atoms with Crippen molar-refractivity contribution in [2.24, 2.45) is 5.92 Å². The minimum atomic E-state index is -1.10. The Labute approximate surface area is 204 Å². The molecule has 7 heteroatoms. The molecule has 0 saturated heterocycles. The van der Waals surface area contributed by atoms with Crippen LogP contribution in [0.4, 0.5) is 10.5 Å². The second kappa shape index (κ2) is 10.4. The molecule has 1 aliphatic carbocycles. The molecule has 0 fully saturated rings. The quantitative estimate of drug-likeness (QED) is 0.468. The van der Waals surface area contributed by atoms with Crippen LogP contribution < -0.4 is 5.32 Å². The average Bonchev–Trinajstić information content (AvgIpc) is 3.15. The molecule has 2 amide bonds. The molecule has 7 nitrogen and oxygen atoms in total. The summed E-state index contributed by atoms with van der Waals surface area (Å²) in [5.41, 5.74) is 4.97. The molecule has 0 spiro atoms. The summed E-state index contributed by atoms with van der Waals surface area (Å²) in [6.45, 7) is 3.82. The van der Waals surface area contributed by atoms with E-state index in [1.807, 2.05) is 50.2 Å². The Balaban J connectivity index is 1.48. The van der Waals surface area contributed by atoms with E-state index in [0.29, 0.717) is 0 Å². The number of nitrogens with one attached hydrogen (secondary N) is 1. The van der Waals surface area contributed by atoms with E-state index in [-0.39, 0.29) is 36.2 Å². The third-order valence-corrected chi connectivity index (χ3v) is 5.94. The van der Waals surface area contributed by atoms with Crippen LogP contribution in [0.1, 0.15) is 41.3 Å². The summed E-state index contributed by atoms with van der Waals surface area (Å²) in [6.07, 6.45) is -0.680. The zero-order chi connectivity index (χ0) is 24.9. The third-order valence-electron chi connectivity index (χ3n) is 5.94. The van der Waals surface area contributed by atoms with E-state index < -0.39 is 24.5 Å². The predicted molar refractivity (Wildman–Crippen MR) is 134 cm³/mol. The lowest BCUT2D eigenvalue weighted by atomic mass is 9.98. The Morgan fingerprint density at radius 3 is 2.09 bits per heavy atom. The highest BCUT2D eigenvalue weighted by Gasteiger charge is 2.29. The van der Waals surface area contributed by atoms with Gasteiger partial charge in [0.1, 0.15) is 13.2 Å². The fraction of sp³-hybridized carbons (Fsp3) is 0.250. The second-order valence-electron chi connectivity index (χ2n) is 8.97. The van der Waals surface area contributed by atoms with Crippen molar-refractivity contribution in [2.75, 3.05) is 25.0 Å². The van der Waals surface area contributed by atoms with Crippen LogP contribution in [0, 0.1) is 5.92 Å². The molecule has 0 aromatic heterocycles. The number of benzene rings is 3. The molecule has 35 heavy (non-hydrogen) atoms. The number of hydrogen-bond donors (Lipinski definition) is 2. The zero-order valence-electron chi connectivity index (χ0n) is 19.7. The van der Waals surface area contributed by atoms with Crippen LogP contribution in [0.3, 0.4) is 0 Å². The van der Waals surface area contributed by atoms with Crippen LogP contribution in [-0.2, 0) is 9.53 Å². The van der Waals surface area contributed by atoms with Gasteiger partial charge in [0.05, 0.1) is 11.3 Å². The number of fused-ring (bicyclic) bond motifs is 3. The first-order valence-electron chi connectivity index (χ1n) is 11.6. The van der Waals surface area contributed by atoms with Gasteiger partial charge in [-0.3, -0.25) is 14.9 Å². The van der Waals surface area contributed by atoms with E-state index in [4.69, 9.17) is 4.74 Å². The maximum Gasteiger partial charge on any atom is 0.411 e. The molecular weight excluding hydrogens is 444 g/mol. The van der Waals surface area contributed by atoms with Gasteiger partial charge in [0.15, 0.2) is 0 Å². The molecule has 2 N–H and O–H groups in total. The molecule has 0 bridgehead atoms. The molecule has 180 valence electrons. The van der Waals surface area contributed by atoms with Crippen LogP contribution in [0.2, 0.25) is 0 Å². The standard InChI is InChI=1S/C28H28N2O5/c1-18(2)15-30(16-26(31)32)27(33)23-13-7-8-14-25(23)29-28(34)35-17-24-21-11-5-3-9-19(21)20-10-4-6-12-22(20)24/h3-14,18,24H,15-17H2,1-2H3,(H,29,34)(H,31,32). The minimum absolute atomic E-state index is 0.0814. The van der Waals surface area contributed by atoms with Crippen LogP contribution in [0.5, 0.6) is 0 Å². The van der Waals surface area contributed by atoms with Gasteiger partial charge in [0, 0.05) is 12.5 Å². The van der Waals surface area contributed by atoms with Crippen LogP contribution in [0.15, 0.2) is 72.8 Å². The molecule has 4 rings (SSSR count). The number of nitrogens with zero attached hydrogens (tertiary/aromatic N) is 1. The molecule has 3 aromatic carbocycles. The minimum Gasteiger partial charge on any atom is -0.480 e. The highest BCUT2D eigenvalue weighted by molar-refractivity contribution is 6.03. The number of anilines is 1. The van der Waals surface area contributed by atoms with E-state index in [0.717, 1.165) is 22.3 Å². The number of carbonyl (C=O) groups excluding carboxylic acids is 2. The summed E-state index contributed by atoms with van der Waals surface area (Å²) >= 11 is 0. The van der Waals surface area contributed by atoms with Gasteiger partial charge in [-0.15, -0.1) is 0 Å². The summed E-state index contributed by atoms with van der Waals surface area (Å²) in [4.78, 5) is 38.4. The molecule has 3 aromatic rings. The van der Waals surface area contributed by atoms with Crippen molar-refractivity contribution in [2.45, 2.75) is 19.8 Å². The van der Waals surface area contributed by atoms with Crippen LogP contribution >= 0.6 is 0 Å². The number of amides is 2. The summed E-state index contributed by atoms with van der Waals surface area (Å²) in [6, 6.07) is 22.7. The lowest BCUT2D eigenvalue weighted by molar-refractivity contribution is -0.137. The summed E-state index contributed by atoms with van der Waals surface area (Å²) in [7, 11) is 0. The number of para-hydroxylation sites is 1. The van der Waals surface area contributed by atoms with Crippen molar-refractivity contribution in [3.63, 3.8) is 0 Å². The van der Waals surface area contributed by atoms with Gasteiger partial charge in [-0.05, 0) is 40.3 Å². The number of ether oxygens (including phenoxy) is 1. The lowest BCUT2D eigenvalue weighted by Gasteiger charge is -2.24. The average molecular weight is 473 g/mol. The van der Waals surface area contributed by atoms with Crippen molar-refractivity contribution in [1.29, 1.82) is 0 Å². The summed E-state index contributed by atoms with van der Waals surface area (Å²) < 4.78 is 5.60. The number of hydrogen-bond acceptors (Lipinski definition) is 4. The molecular formula is C28H28N2O5. The molecule has 0 aliphatic heterocycles. The van der Waals surface area contributed by atoms with E-state index in [9.17, 15) is 19.5 Å². The van der Waals surface area contributed by atoms with Crippen molar-refractivity contribution in [3.8, 4) is 11.1 Å². The van der Waals surface area contributed by atoms with E-state index in [1.165, 1.54) is 4.90 Å². The second-order valence-corrected chi connectivity index (χ2v) is 8.97. The Morgan fingerprint density at radius 2 is 1.49 bits per heavy atom. The maximum atomic E-state index is 13.1. The Kier molecular flexibility index (Phi) is 7.15. The Bertz CT molecular complexity index is 1210. The van der Waals surface area contributed by atoms with Crippen molar-refractivity contribution in [3.05, 3.63) is 89.5 Å². The van der Waals surface area contributed by atoms with Crippen LogP contribution in [-0.4, -0.2) is 47.7 Å². The van der Waals surface area contributed by atoms with Gasteiger partial charge >= 0.3 is 12.1 Å². The number of aliphatic carboxylic acids is 1. The van der Waals surface area contributed by atoms with E-state index in [1.54, 1.807) is 24.3 Å². The fourth-order valence-corrected chi connectivity index (χ4v) is 4.52. The first-order chi connectivity index (χ1) is 16.8. The topological polar surface area (TPSA) is 95.9 Å². The van der Waals surface area contributed by atoms with Crippen molar-refractivity contribution >= 4 is 23.7 Å². The van der Waals surface area contributed by atoms with Crippen LogP contribution in [0.25, 0.3) is 11.1 Å². The van der Waals surface area contributed by atoms with Gasteiger partial charge in [-0.1, -0.05) is 74.5 Å². The molecule has 0 radical (unpaired) electrons. The number of carboxylic acid groups (broad SMARTS) is 1. The van der Waals surface area contributed by atoms with Gasteiger partial charge < -0.3 is 14.7 Å². The van der Waals surface area contributed by atoms with Gasteiger partial charge in [-0.2, -0.15) is 0 Å². The normalized spacial score (nSPS) is 12.1. The maximum absolute atomic E-state index is 13.1. The first-order valence-corrected chi connectivity index (χ1v) is 11.6. The Hall–Kier alpha value is -4.13. The fourth-order valence-electron chi connectivity index (χ4n) is 4.52. The third kappa shape index (κ3) is 5.35. The van der Waals surface area contributed by atoms with Gasteiger partial charge in [0.2, 0.25) is 0 Å². The number of carboxylic acids is 1. The van der Waals surface area contributed by atoms with E-state index in [2.05, 4.69) is 17.4 Å². The van der Waals surface area contributed by atoms with Gasteiger partial charge in [-0.25, -0.2) is 4.79 Å². The van der Waals surface area contributed by atoms with Gasteiger partial charge in [0.25, 0.3) is 5.91 Å². The zero-order valence-corrected chi connectivity index (χ0v) is 19.7. The molecule has 0 heterocycles. The molecule has 0 unspecified atom stereocenters. The predicted octanol–water partition coefficient (Wildman–Crippen LogP) is 5.23. The monoisotopic (exact) mass is 472 g/mol.